The number of ether oxygens (including phenoxy) is 1. The van der Waals surface area contributed by atoms with E-state index in [1.165, 1.54) is 4.90 Å². The van der Waals surface area contributed by atoms with Gasteiger partial charge in [-0.25, -0.2) is 4.79 Å². The molecule has 2 unspecified atom stereocenters. The summed E-state index contributed by atoms with van der Waals surface area (Å²) in [6, 6.07) is 6.81. The summed E-state index contributed by atoms with van der Waals surface area (Å²) in [4.78, 5) is 41.5. The quantitative estimate of drug-likeness (QED) is 0.378. The van der Waals surface area contributed by atoms with Gasteiger partial charge in [-0.2, -0.15) is 5.26 Å². The van der Waals surface area contributed by atoms with Gasteiger partial charge in [0.2, 0.25) is 11.8 Å². The van der Waals surface area contributed by atoms with E-state index in [9.17, 15) is 19.6 Å². The molecule has 0 saturated heterocycles. The molecule has 8 nitrogen and oxygen atoms in total. The molecule has 1 aliphatic carbocycles. The summed E-state index contributed by atoms with van der Waals surface area (Å²) in [5.41, 5.74) is 0.167. The normalized spacial score (nSPS) is 15.6. The summed E-state index contributed by atoms with van der Waals surface area (Å²) < 4.78 is 5.38. The van der Waals surface area contributed by atoms with E-state index in [0.29, 0.717) is 17.5 Å². The SMILES string of the molecule is C#Cc1ccccc1C(C(=O)NC1CCCCC1)N(CC#N)C(=O)C(CC(C)C)NC(=O)OC(C)(C)C. The van der Waals surface area contributed by atoms with Crippen LogP contribution in [-0.4, -0.2) is 47.0 Å². The van der Waals surface area contributed by atoms with Gasteiger partial charge in [0.25, 0.3) is 0 Å². The molecule has 37 heavy (non-hydrogen) atoms. The van der Waals surface area contributed by atoms with Crippen molar-refractivity contribution < 1.29 is 19.1 Å². The van der Waals surface area contributed by atoms with Gasteiger partial charge in [-0.15, -0.1) is 6.42 Å². The summed E-state index contributed by atoms with van der Waals surface area (Å²) in [6.45, 7) is 8.69. The lowest BCUT2D eigenvalue weighted by atomic mass is 9.93. The standard InChI is InChI=1S/C29H40N4O4/c1-7-21-13-11-12-16-23(21)25(26(34)31-22-14-9-8-10-15-22)33(18-17-30)27(35)24(19-20(2)3)32-28(36)37-29(4,5)6/h1,11-13,16,20,22,24-25H,8-10,14-15,18-19H2,2-6H3,(H,31,34)(H,32,36). The molecule has 1 fully saturated rings. The number of alkyl carbamates (subject to hydrolysis) is 1. The number of amides is 3. The van der Waals surface area contributed by atoms with E-state index in [1.807, 2.05) is 19.9 Å². The lowest BCUT2D eigenvalue weighted by molar-refractivity contribution is -0.142. The number of hydrogen-bond acceptors (Lipinski definition) is 5. The Morgan fingerprint density at radius 3 is 2.38 bits per heavy atom. The summed E-state index contributed by atoms with van der Waals surface area (Å²) in [7, 11) is 0. The maximum atomic E-state index is 14.0. The number of nitrogens with zero attached hydrogens (tertiary/aromatic N) is 2. The Morgan fingerprint density at radius 1 is 1.16 bits per heavy atom. The average Bonchev–Trinajstić information content (AvgIpc) is 2.82. The van der Waals surface area contributed by atoms with E-state index in [2.05, 4.69) is 16.6 Å². The number of nitrogens with one attached hydrogen (secondary N) is 2. The lowest BCUT2D eigenvalue weighted by Gasteiger charge is -2.35. The first-order valence-electron chi connectivity index (χ1n) is 13.0. The third kappa shape index (κ3) is 9.13. The van der Waals surface area contributed by atoms with Gasteiger partial charge >= 0.3 is 6.09 Å². The largest absolute Gasteiger partial charge is 0.444 e. The maximum Gasteiger partial charge on any atom is 0.408 e. The highest BCUT2D eigenvalue weighted by molar-refractivity contribution is 5.92. The Kier molecular flexibility index (Phi) is 11.0. The fraction of sp³-hybridized carbons (Fsp3) is 0.586. The number of carbonyl (C=O) groups excluding carboxylic acids is 3. The molecule has 1 aliphatic rings. The molecule has 2 atom stereocenters. The molecule has 8 heteroatoms. The number of terminal acetylenes is 1. The maximum absolute atomic E-state index is 14.0. The highest BCUT2D eigenvalue weighted by Crippen LogP contribution is 2.27. The first-order valence-corrected chi connectivity index (χ1v) is 13.0. The number of hydrogen-bond donors (Lipinski definition) is 2. The molecule has 0 radical (unpaired) electrons. The van der Waals surface area contributed by atoms with Gasteiger partial charge < -0.3 is 20.3 Å². The second-order valence-corrected chi connectivity index (χ2v) is 10.9. The Morgan fingerprint density at radius 2 is 1.81 bits per heavy atom. The Bertz CT molecular complexity index is 1030. The second-order valence-electron chi connectivity index (χ2n) is 10.9. The average molecular weight is 509 g/mol. The van der Waals surface area contributed by atoms with Crippen LogP contribution < -0.4 is 10.6 Å². The van der Waals surface area contributed by atoms with Crippen molar-refractivity contribution in [3.63, 3.8) is 0 Å². The highest BCUT2D eigenvalue weighted by Gasteiger charge is 2.38. The minimum atomic E-state index is -1.13. The van der Waals surface area contributed by atoms with Crippen LogP contribution >= 0.6 is 0 Å². The molecule has 2 rings (SSSR count). The number of carbonyl (C=O) groups is 3. The van der Waals surface area contributed by atoms with E-state index >= 15 is 0 Å². The zero-order valence-electron chi connectivity index (χ0n) is 22.7. The molecule has 3 amide bonds. The summed E-state index contributed by atoms with van der Waals surface area (Å²) in [5.74, 6) is 1.71. The fourth-order valence-corrected chi connectivity index (χ4v) is 4.56. The summed E-state index contributed by atoms with van der Waals surface area (Å²) in [6.07, 6.45) is 10.2. The van der Waals surface area contributed by atoms with Crippen LogP contribution in [0.4, 0.5) is 4.79 Å². The van der Waals surface area contributed by atoms with Crippen LogP contribution in [0.25, 0.3) is 0 Å². The van der Waals surface area contributed by atoms with Crippen LogP contribution in [0.3, 0.4) is 0 Å². The molecule has 0 aromatic heterocycles. The fourth-order valence-electron chi connectivity index (χ4n) is 4.56. The minimum Gasteiger partial charge on any atom is -0.444 e. The molecule has 1 aromatic rings. The molecule has 0 heterocycles. The van der Waals surface area contributed by atoms with E-state index in [1.54, 1.807) is 45.0 Å². The molecule has 200 valence electrons. The molecular formula is C29H40N4O4. The van der Waals surface area contributed by atoms with Crippen molar-refractivity contribution in [2.45, 2.75) is 96.9 Å². The predicted molar refractivity (Wildman–Crippen MR) is 142 cm³/mol. The molecule has 0 aliphatic heterocycles. The van der Waals surface area contributed by atoms with Crippen molar-refractivity contribution in [3.8, 4) is 18.4 Å². The summed E-state index contributed by atoms with van der Waals surface area (Å²) in [5, 5.41) is 15.4. The first-order chi connectivity index (χ1) is 17.5. The molecule has 1 saturated carbocycles. The Balaban J connectivity index is 2.49. The van der Waals surface area contributed by atoms with Crippen molar-refractivity contribution in [1.82, 2.24) is 15.5 Å². The Labute approximate surface area is 221 Å². The van der Waals surface area contributed by atoms with Gasteiger partial charge in [-0.05, 0) is 57.6 Å². The molecule has 2 N–H and O–H groups in total. The van der Waals surface area contributed by atoms with Crippen LogP contribution in [0.2, 0.25) is 0 Å². The smallest absolute Gasteiger partial charge is 0.408 e. The molecular weight excluding hydrogens is 468 g/mol. The van der Waals surface area contributed by atoms with Crippen molar-refractivity contribution >= 4 is 17.9 Å². The van der Waals surface area contributed by atoms with Crippen molar-refractivity contribution in [2.75, 3.05) is 6.54 Å². The zero-order chi connectivity index (χ0) is 27.6. The monoisotopic (exact) mass is 508 g/mol. The number of rotatable bonds is 9. The van der Waals surface area contributed by atoms with Crippen LogP contribution in [-0.2, 0) is 14.3 Å². The number of nitriles is 1. The van der Waals surface area contributed by atoms with E-state index in [-0.39, 0.29) is 18.5 Å². The van der Waals surface area contributed by atoms with Gasteiger partial charge in [0.05, 0.1) is 6.07 Å². The second kappa shape index (κ2) is 13.7. The van der Waals surface area contributed by atoms with Gasteiger partial charge in [-0.3, -0.25) is 9.59 Å². The predicted octanol–water partition coefficient (Wildman–Crippen LogP) is 4.45. The van der Waals surface area contributed by atoms with Crippen LogP contribution in [0, 0.1) is 29.6 Å². The lowest BCUT2D eigenvalue weighted by Crippen LogP contribution is -2.54. The van der Waals surface area contributed by atoms with Crippen molar-refractivity contribution in [1.29, 1.82) is 5.26 Å². The van der Waals surface area contributed by atoms with Crippen LogP contribution in [0.5, 0.6) is 0 Å². The van der Waals surface area contributed by atoms with E-state index in [4.69, 9.17) is 11.2 Å². The zero-order valence-corrected chi connectivity index (χ0v) is 22.7. The molecule has 0 bridgehead atoms. The van der Waals surface area contributed by atoms with Gasteiger partial charge in [-0.1, -0.05) is 57.2 Å². The van der Waals surface area contributed by atoms with Crippen molar-refractivity contribution in [2.24, 2.45) is 5.92 Å². The van der Waals surface area contributed by atoms with Crippen LogP contribution in [0.15, 0.2) is 24.3 Å². The Hall–Kier alpha value is -3.52. The van der Waals surface area contributed by atoms with Crippen molar-refractivity contribution in [3.05, 3.63) is 35.4 Å². The van der Waals surface area contributed by atoms with E-state index < -0.39 is 35.6 Å². The highest BCUT2D eigenvalue weighted by atomic mass is 16.6. The van der Waals surface area contributed by atoms with Gasteiger partial charge in [0.15, 0.2) is 0 Å². The topological polar surface area (TPSA) is 112 Å². The molecule has 0 spiro atoms. The summed E-state index contributed by atoms with van der Waals surface area (Å²) >= 11 is 0. The minimum absolute atomic E-state index is 0.00728. The van der Waals surface area contributed by atoms with Gasteiger partial charge in [0, 0.05) is 11.6 Å². The van der Waals surface area contributed by atoms with E-state index in [0.717, 1.165) is 32.1 Å². The first kappa shape index (κ1) is 29.7. The third-order valence-electron chi connectivity index (χ3n) is 6.14. The number of benzene rings is 1. The van der Waals surface area contributed by atoms with Crippen LogP contribution in [0.1, 0.15) is 90.3 Å². The molecule has 1 aromatic carbocycles. The van der Waals surface area contributed by atoms with Gasteiger partial charge in [0.1, 0.15) is 24.2 Å². The third-order valence-corrected chi connectivity index (χ3v) is 6.14.